The summed E-state index contributed by atoms with van der Waals surface area (Å²) in [5.41, 5.74) is 0.809. The van der Waals surface area contributed by atoms with E-state index in [1.807, 2.05) is 30.3 Å². The third-order valence-electron chi connectivity index (χ3n) is 4.65. The van der Waals surface area contributed by atoms with E-state index in [-0.39, 0.29) is 11.4 Å². The minimum atomic E-state index is -3.21. The van der Waals surface area contributed by atoms with Crippen molar-refractivity contribution < 1.29 is 13.2 Å². The van der Waals surface area contributed by atoms with E-state index in [0.29, 0.717) is 13.1 Å². The van der Waals surface area contributed by atoms with Crippen molar-refractivity contribution in [2.45, 2.75) is 43.5 Å². The standard InChI is InChI=1S/C16H23NO3S/c18-21(19,14-15-6-2-1-3-7-15)17-11-9-16(10-12-17)8-4-5-13-20-16/h1-3,6-7H,4-5,8-14H2. The van der Waals surface area contributed by atoms with E-state index in [1.165, 1.54) is 6.42 Å². The molecular weight excluding hydrogens is 286 g/mol. The molecule has 0 aliphatic carbocycles. The van der Waals surface area contributed by atoms with E-state index in [1.54, 1.807) is 4.31 Å². The van der Waals surface area contributed by atoms with Gasteiger partial charge in [0, 0.05) is 19.7 Å². The molecule has 0 atom stereocenters. The van der Waals surface area contributed by atoms with Crippen LogP contribution in [0.3, 0.4) is 0 Å². The largest absolute Gasteiger partial charge is 0.375 e. The number of hydrogen-bond donors (Lipinski definition) is 0. The van der Waals surface area contributed by atoms with Crippen LogP contribution in [0.5, 0.6) is 0 Å². The van der Waals surface area contributed by atoms with E-state index in [9.17, 15) is 8.42 Å². The van der Waals surface area contributed by atoms with Gasteiger partial charge in [0.2, 0.25) is 10.0 Å². The van der Waals surface area contributed by atoms with Gasteiger partial charge >= 0.3 is 0 Å². The summed E-state index contributed by atoms with van der Waals surface area (Å²) in [6.07, 6.45) is 5.09. The van der Waals surface area contributed by atoms with Crippen LogP contribution in [-0.4, -0.2) is 38.0 Å². The highest BCUT2D eigenvalue weighted by molar-refractivity contribution is 7.88. The zero-order valence-electron chi connectivity index (χ0n) is 12.3. The predicted octanol–water partition coefficient (Wildman–Crippen LogP) is 2.55. The number of sulfonamides is 1. The van der Waals surface area contributed by atoms with Crippen LogP contribution in [0.15, 0.2) is 30.3 Å². The van der Waals surface area contributed by atoms with Gasteiger partial charge in [0.05, 0.1) is 11.4 Å². The monoisotopic (exact) mass is 309 g/mol. The smallest absolute Gasteiger partial charge is 0.218 e. The molecule has 2 heterocycles. The van der Waals surface area contributed by atoms with Gasteiger partial charge in [-0.15, -0.1) is 0 Å². The Labute approximate surface area is 127 Å². The highest BCUT2D eigenvalue weighted by Crippen LogP contribution is 2.35. The van der Waals surface area contributed by atoms with Crippen molar-refractivity contribution in [3.8, 4) is 0 Å². The molecule has 2 aliphatic heterocycles. The van der Waals surface area contributed by atoms with Gasteiger partial charge in [0.15, 0.2) is 0 Å². The second-order valence-corrected chi connectivity index (χ2v) is 8.10. The van der Waals surface area contributed by atoms with Crippen LogP contribution in [-0.2, 0) is 20.5 Å². The Balaban J connectivity index is 1.63. The molecule has 5 heteroatoms. The van der Waals surface area contributed by atoms with Gasteiger partial charge in [0.25, 0.3) is 0 Å². The van der Waals surface area contributed by atoms with Crippen LogP contribution in [0.25, 0.3) is 0 Å². The minimum Gasteiger partial charge on any atom is -0.375 e. The van der Waals surface area contributed by atoms with Crippen molar-refractivity contribution in [1.29, 1.82) is 0 Å². The summed E-state index contributed by atoms with van der Waals surface area (Å²) in [5, 5.41) is 0. The summed E-state index contributed by atoms with van der Waals surface area (Å²) in [5.74, 6) is 0.0989. The number of rotatable bonds is 3. The fourth-order valence-electron chi connectivity index (χ4n) is 3.35. The Morgan fingerprint density at radius 2 is 1.76 bits per heavy atom. The zero-order valence-corrected chi connectivity index (χ0v) is 13.1. The molecule has 4 nitrogen and oxygen atoms in total. The molecule has 3 rings (SSSR count). The Morgan fingerprint density at radius 3 is 2.38 bits per heavy atom. The van der Waals surface area contributed by atoms with Crippen molar-refractivity contribution >= 4 is 10.0 Å². The lowest BCUT2D eigenvalue weighted by Crippen LogP contribution is -2.49. The maximum absolute atomic E-state index is 12.5. The number of nitrogens with zero attached hydrogens (tertiary/aromatic N) is 1. The maximum atomic E-state index is 12.5. The lowest BCUT2D eigenvalue weighted by Gasteiger charge is -2.43. The molecule has 0 unspecified atom stereocenters. The van der Waals surface area contributed by atoms with E-state index in [4.69, 9.17) is 4.74 Å². The lowest BCUT2D eigenvalue weighted by molar-refractivity contribution is -0.103. The van der Waals surface area contributed by atoms with Crippen LogP contribution in [0.1, 0.15) is 37.7 Å². The number of ether oxygens (including phenoxy) is 1. The first-order valence-corrected chi connectivity index (χ1v) is 9.36. The van der Waals surface area contributed by atoms with Gasteiger partial charge in [-0.2, -0.15) is 0 Å². The molecule has 21 heavy (non-hydrogen) atoms. The van der Waals surface area contributed by atoms with E-state index < -0.39 is 10.0 Å². The Kier molecular flexibility index (Phi) is 4.33. The maximum Gasteiger partial charge on any atom is 0.218 e. The summed E-state index contributed by atoms with van der Waals surface area (Å²) in [4.78, 5) is 0. The van der Waals surface area contributed by atoms with Gasteiger partial charge in [-0.25, -0.2) is 12.7 Å². The zero-order chi connectivity index (χ0) is 14.8. The van der Waals surface area contributed by atoms with Crippen LogP contribution in [0, 0.1) is 0 Å². The van der Waals surface area contributed by atoms with Gasteiger partial charge in [-0.3, -0.25) is 0 Å². The third-order valence-corrected chi connectivity index (χ3v) is 6.50. The molecule has 1 spiro atoms. The summed E-state index contributed by atoms with van der Waals surface area (Å²) in [6, 6.07) is 9.40. The SMILES string of the molecule is O=S(=O)(Cc1ccccc1)N1CCC2(CCCCO2)CC1. The summed E-state index contributed by atoms with van der Waals surface area (Å²) >= 11 is 0. The molecule has 0 radical (unpaired) electrons. The van der Waals surface area contributed by atoms with Gasteiger partial charge in [-0.1, -0.05) is 30.3 Å². The van der Waals surface area contributed by atoms with Crippen molar-refractivity contribution in [3.05, 3.63) is 35.9 Å². The second-order valence-electron chi connectivity index (χ2n) is 6.13. The lowest BCUT2D eigenvalue weighted by atomic mass is 9.85. The molecule has 0 aromatic heterocycles. The molecule has 2 aliphatic rings. The predicted molar refractivity (Wildman–Crippen MR) is 82.4 cm³/mol. The molecule has 0 saturated carbocycles. The molecule has 1 aromatic rings. The molecule has 1 aromatic carbocycles. The van der Waals surface area contributed by atoms with Crippen LogP contribution >= 0.6 is 0 Å². The summed E-state index contributed by atoms with van der Waals surface area (Å²) in [6.45, 7) is 2.01. The Morgan fingerprint density at radius 1 is 1.05 bits per heavy atom. The molecule has 0 bridgehead atoms. The highest BCUT2D eigenvalue weighted by Gasteiger charge is 2.39. The topological polar surface area (TPSA) is 46.6 Å². The fraction of sp³-hybridized carbons (Fsp3) is 0.625. The molecule has 0 amide bonds. The van der Waals surface area contributed by atoms with Crippen molar-refractivity contribution in [2.75, 3.05) is 19.7 Å². The quantitative estimate of drug-likeness (QED) is 0.862. The first-order chi connectivity index (χ1) is 10.1. The van der Waals surface area contributed by atoms with E-state index in [2.05, 4.69) is 0 Å². The molecule has 0 N–H and O–H groups in total. The van der Waals surface area contributed by atoms with E-state index in [0.717, 1.165) is 37.9 Å². The van der Waals surface area contributed by atoms with Gasteiger partial charge < -0.3 is 4.74 Å². The second kappa shape index (κ2) is 6.07. The van der Waals surface area contributed by atoms with Crippen LogP contribution in [0.4, 0.5) is 0 Å². The average molecular weight is 309 g/mol. The first-order valence-electron chi connectivity index (χ1n) is 7.75. The Hall–Kier alpha value is -0.910. The molecular formula is C16H23NO3S. The number of hydrogen-bond acceptors (Lipinski definition) is 3. The number of benzene rings is 1. The van der Waals surface area contributed by atoms with Crippen molar-refractivity contribution in [1.82, 2.24) is 4.31 Å². The van der Waals surface area contributed by atoms with Crippen LogP contribution < -0.4 is 0 Å². The summed E-state index contributed by atoms with van der Waals surface area (Å²) in [7, 11) is -3.21. The first kappa shape index (κ1) is 15.0. The third kappa shape index (κ3) is 3.47. The van der Waals surface area contributed by atoms with Gasteiger partial charge in [-0.05, 0) is 37.7 Å². The average Bonchev–Trinajstić information content (AvgIpc) is 2.49. The molecule has 2 fully saturated rings. The number of piperidine rings is 1. The fourth-order valence-corrected chi connectivity index (χ4v) is 4.89. The molecule has 2 saturated heterocycles. The molecule has 116 valence electrons. The Bertz CT molecular complexity index is 554. The van der Waals surface area contributed by atoms with Crippen molar-refractivity contribution in [3.63, 3.8) is 0 Å². The van der Waals surface area contributed by atoms with Crippen LogP contribution in [0.2, 0.25) is 0 Å². The highest BCUT2D eigenvalue weighted by atomic mass is 32.2. The summed E-state index contributed by atoms with van der Waals surface area (Å²) < 4.78 is 32.6. The van der Waals surface area contributed by atoms with Gasteiger partial charge in [0.1, 0.15) is 0 Å². The normalized spacial score (nSPS) is 23.2. The minimum absolute atomic E-state index is 0.0446. The van der Waals surface area contributed by atoms with E-state index >= 15 is 0 Å². The van der Waals surface area contributed by atoms with Crippen molar-refractivity contribution in [2.24, 2.45) is 0 Å².